The zero-order valence-corrected chi connectivity index (χ0v) is 14.8. The van der Waals surface area contributed by atoms with E-state index in [1.54, 1.807) is 26.4 Å². The molecule has 134 valence electrons. The molecule has 1 amide bonds. The number of hydrogen-bond acceptors (Lipinski definition) is 6. The van der Waals surface area contributed by atoms with Crippen molar-refractivity contribution in [2.24, 2.45) is 0 Å². The van der Waals surface area contributed by atoms with Gasteiger partial charge in [-0.3, -0.25) is 4.79 Å². The first-order chi connectivity index (χ1) is 12.6. The minimum Gasteiger partial charge on any atom is -0.493 e. The van der Waals surface area contributed by atoms with E-state index >= 15 is 0 Å². The van der Waals surface area contributed by atoms with Gasteiger partial charge in [0.05, 0.1) is 14.2 Å². The van der Waals surface area contributed by atoms with E-state index in [4.69, 9.17) is 14.0 Å². The Morgan fingerprint density at radius 2 is 1.81 bits per heavy atom. The van der Waals surface area contributed by atoms with E-state index in [0.29, 0.717) is 23.9 Å². The summed E-state index contributed by atoms with van der Waals surface area (Å²) in [5, 5.41) is 6.50. The summed E-state index contributed by atoms with van der Waals surface area (Å²) in [7, 11) is 3.13. The molecule has 0 atom stereocenters. The van der Waals surface area contributed by atoms with Crippen LogP contribution in [0.15, 0.2) is 47.0 Å². The lowest BCUT2D eigenvalue weighted by Gasteiger charge is -2.09. The van der Waals surface area contributed by atoms with Crippen molar-refractivity contribution in [2.45, 2.75) is 13.5 Å². The van der Waals surface area contributed by atoms with Crippen molar-refractivity contribution in [1.29, 1.82) is 0 Å². The van der Waals surface area contributed by atoms with Gasteiger partial charge in [0.1, 0.15) is 0 Å². The van der Waals surface area contributed by atoms with Crippen molar-refractivity contribution in [3.63, 3.8) is 0 Å². The normalized spacial score (nSPS) is 10.4. The number of aryl methyl sites for hydroxylation is 1. The van der Waals surface area contributed by atoms with E-state index in [2.05, 4.69) is 15.5 Å². The van der Waals surface area contributed by atoms with Crippen LogP contribution in [0.1, 0.15) is 21.7 Å². The monoisotopic (exact) mass is 353 g/mol. The van der Waals surface area contributed by atoms with Crippen LogP contribution in [0.2, 0.25) is 0 Å². The maximum Gasteiger partial charge on any atom is 0.292 e. The molecular weight excluding hydrogens is 334 g/mol. The van der Waals surface area contributed by atoms with E-state index in [0.717, 1.165) is 16.7 Å². The number of carbonyl (C=O) groups is 1. The Kier molecular flexibility index (Phi) is 5.17. The van der Waals surface area contributed by atoms with Crippen molar-refractivity contribution in [3.8, 4) is 23.0 Å². The van der Waals surface area contributed by atoms with Crippen LogP contribution >= 0.6 is 0 Å². The third-order valence-corrected chi connectivity index (χ3v) is 3.83. The molecule has 0 aliphatic heterocycles. The molecule has 7 nitrogen and oxygen atoms in total. The summed E-state index contributed by atoms with van der Waals surface area (Å²) in [6.07, 6.45) is 0. The Morgan fingerprint density at radius 3 is 2.50 bits per heavy atom. The molecule has 0 fully saturated rings. The Balaban J connectivity index is 1.66. The van der Waals surface area contributed by atoms with Crippen molar-refractivity contribution < 1.29 is 18.8 Å². The molecule has 0 spiro atoms. The van der Waals surface area contributed by atoms with Crippen LogP contribution in [-0.4, -0.2) is 30.3 Å². The van der Waals surface area contributed by atoms with Crippen LogP contribution in [0.25, 0.3) is 11.5 Å². The molecule has 7 heteroatoms. The number of methoxy groups -OCH3 is 2. The molecule has 1 N–H and O–H groups in total. The smallest absolute Gasteiger partial charge is 0.292 e. The van der Waals surface area contributed by atoms with Crippen molar-refractivity contribution in [3.05, 3.63) is 59.4 Å². The molecule has 0 bridgehead atoms. The standard InChI is InChI=1S/C19H19N3O4/c1-12-4-7-14(8-5-12)19-21-17(22-26-19)18(23)20-11-13-6-9-15(24-2)16(10-13)25-3/h4-10H,11H2,1-3H3,(H,20,23). The highest BCUT2D eigenvalue weighted by molar-refractivity contribution is 5.90. The minimum absolute atomic E-state index is 0.0129. The molecule has 2 aromatic carbocycles. The summed E-state index contributed by atoms with van der Waals surface area (Å²) in [5.41, 5.74) is 2.75. The molecule has 0 aliphatic carbocycles. The SMILES string of the molecule is COc1ccc(CNC(=O)c2noc(-c3ccc(C)cc3)n2)cc1OC. The summed E-state index contributed by atoms with van der Waals surface area (Å²) in [4.78, 5) is 16.4. The second-order valence-corrected chi connectivity index (χ2v) is 5.66. The highest BCUT2D eigenvalue weighted by Crippen LogP contribution is 2.27. The van der Waals surface area contributed by atoms with Crippen LogP contribution < -0.4 is 14.8 Å². The number of rotatable bonds is 6. The van der Waals surface area contributed by atoms with Gasteiger partial charge >= 0.3 is 0 Å². The molecular formula is C19H19N3O4. The van der Waals surface area contributed by atoms with Gasteiger partial charge in [-0.15, -0.1) is 0 Å². The van der Waals surface area contributed by atoms with E-state index in [-0.39, 0.29) is 5.82 Å². The third kappa shape index (κ3) is 3.83. The molecule has 1 aromatic heterocycles. The van der Waals surface area contributed by atoms with Gasteiger partial charge in [0, 0.05) is 12.1 Å². The number of hydrogen-bond donors (Lipinski definition) is 1. The summed E-state index contributed by atoms with van der Waals surface area (Å²) < 4.78 is 15.6. The van der Waals surface area contributed by atoms with Gasteiger partial charge in [-0.1, -0.05) is 28.9 Å². The molecule has 1 heterocycles. The van der Waals surface area contributed by atoms with Gasteiger partial charge in [-0.05, 0) is 36.8 Å². The highest BCUT2D eigenvalue weighted by atomic mass is 16.5. The molecule has 0 unspecified atom stereocenters. The first-order valence-corrected chi connectivity index (χ1v) is 8.00. The quantitative estimate of drug-likeness (QED) is 0.733. The Hall–Kier alpha value is -3.35. The number of amides is 1. The Bertz CT molecular complexity index is 903. The van der Waals surface area contributed by atoms with Crippen LogP contribution in [0.5, 0.6) is 11.5 Å². The predicted octanol–water partition coefficient (Wildman–Crippen LogP) is 2.99. The highest BCUT2D eigenvalue weighted by Gasteiger charge is 2.15. The lowest BCUT2D eigenvalue weighted by molar-refractivity contribution is 0.0937. The topological polar surface area (TPSA) is 86.5 Å². The zero-order chi connectivity index (χ0) is 18.5. The first kappa shape index (κ1) is 17.5. The van der Waals surface area contributed by atoms with E-state index < -0.39 is 5.91 Å². The number of nitrogens with one attached hydrogen (secondary N) is 1. The average Bonchev–Trinajstić information content (AvgIpc) is 3.16. The van der Waals surface area contributed by atoms with E-state index in [9.17, 15) is 4.79 Å². The fourth-order valence-corrected chi connectivity index (χ4v) is 2.38. The second kappa shape index (κ2) is 7.69. The number of carbonyl (C=O) groups excluding carboxylic acids is 1. The van der Waals surface area contributed by atoms with Gasteiger partial charge in [0.25, 0.3) is 17.6 Å². The lowest BCUT2D eigenvalue weighted by Crippen LogP contribution is -2.24. The summed E-state index contributed by atoms with van der Waals surface area (Å²) in [5.74, 6) is 1.10. The van der Waals surface area contributed by atoms with Crippen LogP contribution in [0, 0.1) is 6.92 Å². The van der Waals surface area contributed by atoms with Gasteiger partial charge in [0.15, 0.2) is 11.5 Å². The number of ether oxygens (including phenoxy) is 2. The maximum atomic E-state index is 12.2. The van der Waals surface area contributed by atoms with Gasteiger partial charge in [-0.2, -0.15) is 4.98 Å². The zero-order valence-electron chi connectivity index (χ0n) is 14.8. The first-order valence-electron chi connectivity index (χ1n) is 8.00. The molecule has 26 heavy (non-hydrogen) atoms. The summed E-state index contributed by atoms with van der Waals surface area (Å²) >= 11 is 0. The van der Waals surface area contributed by atoms with Gasteiger partial charge in [0.2, 0.25) is 0 Å². The van der Waals surface area contributed by atoms with Crippen LogP contribution in [0.4, 0.5) is 0 Å². The van der Waals surface area contributed by atoms with Crippen molar-refractivity contribution >= 4 is 5.91 Å². The van der Waals surface area contributed by atoms with Gasteiger partial charge < -0.3 is 19.3 Å². The molecule has 0 aliphatic rings. The fourth-order valence-electron chi connectivity index (χ4n) is 2.38. The number of nitrogens with zero attached hydrogens (tertiary/aromatic N) is 2. The second-order valence-electron chi connectivity index (χ2n) is 5.66. The lowest BCUT2D eigenvalue weighted by atomic mass is 10.1. The molecule has 3 rings (SSSR count). The Labute approximate surface area is 150 Å². The molecule has 3 aromatic rings. The van der Waals surface area contributed by atoms with Crippen molar-refractivity contribution in [1.82, 2.24) is 15.5 Å². The van der Waals surface area contributed by atoms with E-state index in [1.165, 1.54) is 0 Å². The third-order valence-electron chi connectivity index (χ3n) is 3.83. The summed E-state index contributed by atoms with van der Waals surface area (Å²) in [6, 6.07) is 13.0. The Morgan fingerprint density at radius 1 is 1.08 bits per heavy atom. The van der Waals surface area contributed by atoms with Crippen LogP contribution in [0.3, 0.4) is 0 Å². The maximum absolute atomic E-state index is 12.2. The molecule has 0 radical (unpaired) electrons. The van der Waals surface area contributed by atoms with Gasteiger partial charge in [-0.25, -0.2) is 0 Å². The fraction of sp³-hybridized carbons (Fsp3) is 0.211. The minimum atomic E-state index is -0.415. The van der Waals surface area contributed by atoms with Crippen molar-refractivity contribution in [2.75, 3.05) is 14.2 Å². The molecule has 0 saturated heterocycles. The number of benzene rings is 2. The summed E-state index contributed by atoms with van der Waals surface area (Å²) in [6.45, 7) is 2.29. The largest absolute Gasteiger partial charge is 0.493 e. The average molecular weight is 353 g/mol. The predicted molar refractivity (Wildman–Crippen MR) is 95.2 cm³/mol. The number of aromatic nitrogens is 2. The van der Waals surface area contributed by atoms with Crippen LogP contribution in [-0.2, 0) is 6.54 Å². The van der Waals surface area contributed by atoms with E-state index in [1.807, 2.05) is 37.3 Å². The molecule has 0 saturated carbocycles.